The Bertz CT molecular complexity index is 1260. The molecule has 1 aromatic carbocycles. The molecule has 0 bridgehead atoms. The summed E-state index contributed by atoms with van der Waals surface area (Å²) >= 11 is 0.976. The van der Waals surface area contributed by atoms with Crippen molar-refractivity contribution >= 4 is 44.8 Å². The van der Waals surface area contributed by atoms with E-state index in [-0.39, 0.29) is 40.4 Å². The minimum absolute atomic E-state index is 0.0109. The molecule has 2 unspecified atom stereocenters. The lowest BCUT2D eigenvalue weighted by Crippen LogP contribution is -2.54. The zero-order valence-corrected chi connectivity index (χ0v) is 19.9. The third kappa shape index (κ3) is 5.18. The Labute approximate surface area is 204 Å². The number of hydrogen-bond acceptors (Lipinski definition) is 8. The third-order valence-electron chi connectivity index (χ3n) is 5.81. The van der Waals surface area contributed by atoms with Gasteiger partial charge in [0.15, 0.2) is 6.17 Å². The number of carboxylic acids is 1. The molecule has 1 saturated heterocycles. The summed E-state index contributed by atoms with van der Waals surface area (Å²) < 4.78 is 27.5. The number of carbonyl (C=O) groups is 3. The number of benzene rings is 1. The van der Waals surface area contributed by atoms with Gasteiger partial charge in [0.25, 0.3) is 21.6 Å². The molecule has 0 radical (unpaired) electrons. The van der Waals surface area contributed by atoms with E-state index >= 15 is 0 Å². The van der Waals surface area contributed by atoms with E-state index in [1.807, 2.05) is 0 Å². The average Bonchev–Trinajstić information content (AvgIpc) is 3.31. The van der Waals surface area contributed by atoms with Crippen molar-refractivity contribution in [3.63, 3.8) is 0 Å². The van der Waals surface area contributed by atoms with Crippen molar-refractivity contribution in [2.24, 2.45) is 5.92 Å². The fraction of sp³-hybridized carbons (Fsp3) is 0.381. The van der Waals surface area contributed by atoms with Crippen LogP contribution in [0.3, 0.4) is 0 Å². The van der Waals surface area contributed by atoms with Gasteiger partial charge in [0.05, 0.1) is 17.4 Å². The van der Waals surface area contributed by atoms with Crippen LogP contribution in [0, 0.1) is 16.0 Å². The van der Waals surface area contributed by atoms with E-state index in [2.05, 4.69) is 5.32 Å². The Morgan fingerprint density at radius 2 is 1.94 bits per heavy atom. The van der Waals surface area contributed by atoms with Gasteiger partial charge in [-0.2, -0.15) is 4.31 Å². The van der Waals surface area contributed by atoms with Crippen molar-refractivity contribution in [2.45, 2.75) is 35.7 Å². The molecule has 2 aromatic rings. The molecule has 14 heteroatoms. The van der Waals surface area contributed by atoms with Crippen LogP contribution < -0.4 is 5.32 Å². The topological polar surface area (TPSA) is 167 Å². The monoisotopic (exact) mass is 522 g/mol. The number of nitrogens with one attached hydrogen (secondary N) is 1. The Hall–Kier alpha value is -3.36. The smallest absolute Gasteiger partial charge is 0.305 e. The molecule has 35 heavy (non-hydrogen) atoms. The third-order valence-corrected chi connectivity index (χ3v) is 9.04. The number of non-ortho nitro benzene ring substituents is 1. The standard InChI is InChI=1S/C21H22N4O8S2/c26-17(27)12-16(14-3-1-4-15(11-14)25(30)31)22-19(28)20-23(21(29)13-6-7-13)8-9-24(20)35(32,33)18-5-2-10-34-18/h1-5,10-11,13,16,20H,6-9,12H2,(H,22,28)(H,26,27). The normalized spacial score (nSPS) is 19.3. The van der Waals surface area contributed by atoms with Crippen molar-refractivity contribution in [2.75, 3.05) is 13.1 Å². The van der Waals surface area contributed by atoms with Gasteiger partial charge >= 0.3 is 5.97 Å². The minimum atomic E-state index is -4.11. The largest absolute Gasteiger partial charge is 0.481 e. The number of amides is 2. The summed E-state index contributed by atoms with van der Waals surface area (Å²) in [4.78, 5) is 49.6. The van der Waals surface area contributed by atoms with Gasteiger partial charge in [0.2, 0.25) is 5.91 Å². The second-order valence-corrected chi connectivity index (χ2v) is 11.3. The van der Waals surface area contributed by atoms with Crippen molar-refractivity contribution in [1.29, 1.82) is 0 Å². The van der Waals surface area contributed by atoms with Crippen molar-refractivity contribution in [3.05, 3.63) is 57.5 Å². The predicted octanol–water partition coefficient (Wildman–Crippen LogP) is 1.56. The number of carbonyl (C=O) groups excluding carboxylic acids is 2. The van der Waals surface area contributed by atoms with Crippen LogP contribution in [0.4, 0.5) is 5.69 Å². The molecule has 1 saturated carbocycles. The Balaban J connectivity index is 1.67. The summed E-state index contributed by atoms with van der Waals surface area (Å²) in [5.41, 5.74) is -0.124. The van der Waals surface area contributed by atoms with Crippen LogP contribution in [0.15, 0.2) is 46.0 Å². The van der Waals surface area contributed by atoms with E-state index in [9.17, 15) is 38.0 Å². The first-order chi connectivity index (χ1) is 16.6. The highest BCUT2D eigenvalue weighted by Crippen LogP contribution is 2.35. The SMILES string of the molecule is O=C(O)CC(NC(=O)C1N(C(=O)C2CC2)CCN1S(=O)(=O)c1cccs1)c1cccc([N+](=O)[O-])c1. The zero-order chi connectivity index (χ0) is 25.3. The van der Waals surface area contributed by atoms with Crippen molar-refractivity contribution in [1.82, 2.24) is 14.5 Å². The molecule has 186 valence electrons. The molecule has 0 spiro atoms. The summed E-state index contributed by atoms with van der Waals surface area (Å²) in [6.07, 6.45) is -0.813. The van der Waals surface area contributed by atoms with Crippen molar-refractivity contribution in [3.8, 4) is 0 Å². The summed E-state index contributed by atoms with van der Waals surface area (Å²) in [6.45, 7) is -0.0877. The first kappa shape index (κ1) is 24.8. The van der Waals surface area contributed by atoms with Gasteiger partial charge in [-0.3, -0.25) is 24.5 Å². The maximum atomic E-state index is 13.5. The van der Waals surface area contributed by atoms with Gasteiger partial charge in [0, 0.05) is 31.1 Å². The predicted molar refractivity (Wildman–Crippen MR) is 123 cm³/mol. The number of aliphatic carboxylic acids is 1. The minimum Gasteiger partial charge on any atom is -0.481 e. The van der Waals surface area contributed by atoms with E-state index in [0.717, 1.165) is 21.7 Å². The number of nitro benzene ring substituents is 1. The van der Waals surface area contributed by atoms with Gasteiger partial charge in [-0.1, -0.05) is 18.2 Å². The number of carboxylic acid groups (broad SMARTS) is 1. The molecule has 1 aliphatic carbocycles. The number of nitro groups is 1. The molecular formula is C21H22N4O8S2. The lowest BCUT2D eigenvalue weighted by atomic mass is 10.0. The maximum Gasteiger partial charge on any atom is 0.305 e. The highest BCUT2D eigenvalue weighted by molar-refractivity contribution is 7.91. The summed E-state index contributed by atoms with van der Waals surface area (Å²) in [5, 5.41) is 24.6. The molecular weight excluding hydrogens is 500 g/mol. The number of nitrogens with zero attached hydrogens (tertiary/aromatic N) is 3. The Morgan fingerprint density at radius 1 is 1.20 bits per heavy atom. The van der Waals surface area contributed by atoms with Crippen LogP contribution in [0.25, 0.3) is 0 Å². The molecule has 12 nitrogen and oxygen atoms in total. The number of rotatable bonds is 9. The van der Waals surface area contributed by atoms with E-state index in [0.29, 0.717) is 12.8 Å². The van der Waals surface area contributed by atoms with Crippen LogP contribution in [0.2, 0.25) is 0 Å². The Kier molecular flexibility index (Phi) is 6.87. The second-order valence-electron chi connectivity index (χ2n) is 8.24. The van der Waals surface area contributed by atoms with E-state index in [1.165, 1.54) is 29.2 Å². The average molecular weight is 523 g/mol. The highest BCUT2D eigenvalue weighted by atomic mass is 32.2. The molecule has 4 rings (SSSR count). The van der Waals surface area contributed by atoms with Crippen LogP contribution in [0.1, 0.15) is 30.9 Å². The van der Waals surface area contributed by atoms with E-state index < -0.39 is 45.5 Å². The maximum absolute atomic E-state index is 13.5. The van der Waals surface area contributed by atoms with E-state index in [1.54, 1.807) is 11.4 Å². The number of thiophene rings is 1. The number of hydrogen-bond donors (Lipinski definition) is 2. The van der Waals surface area contributed by atoms with Crippen LogP contribution >= 0.6 is 11.3 Å². The van der Waals surface area contributed by atoms with Gasteiger partial charge in [-0.25, -0.2) is 8.42 Å². The fourth-order valence-corrected chi connectivity index (χ4v) is 6.64. The summed E-state index contributed by atoms with van der Waals surface area (Å²) in [5.74, 6) is -2.77. The molecule has 2 heterocycles. The van der Waals surface area contributed by atoms with Gasteiger partial charge in [0.1, 0.15) is 4.21 Å². The molecule has 2 aliphatic rings. The van der Waals surface area contributed by atoms with Crippen LogP contribution in [-0.2, 0) is 24.4 Å². The zero-order valence-electron chi connectivity index (χ0n) is 18.3. The van der Waals surface area contributed by atoms with Gasteiger partial charge < -0.3 is 15.3 Å². The first-order valence-corrected chi connectivity index (χ1v) is 13.0. The lowest BCUT2D eigenvalue weighted by molar-refractivity contribution is -0.384. The molecule has 2 N–H and O–H groups in total. The summed E-state index contributed by atoms with van der Waals surface area (Å²) in [7, 11) is -4.11. The number of sulfonamides is 1. The quantitative estimate of drug-likeness (QED) is 0.369. The molecule has 1 aromatic heterocycles. The second kappa shape index (κ2) is 9.71. The first-order valence-electron chi connectivity index (χ1n) is 10.7. The summed E-state index contributed by atoms with van der Waals surface area (Å²) in [6, 6.07) is 6.94. The molecule has 1 aliphatic heterocycles. The Morgan fingerprint density at radius 3 is 2.54 bits per heavy atom. The van der Waals surface area contributed by atoms with Crippen LogP contribution in [-0.4, -0.2) is 64.7 Å². The highest BCUT2D eigenvalue weighted by Gasteiger charge is 2.49. The van der Waals surface area contributed by atoms with E-state index in [4.69, 9.17) is 0 Å². The van der Waals surface area contributed by atoms with Gasteiger partial charge in [-0.05, 0) is 29.9 Å². The van der Waals surface area contributed by atoms with Crippen molar-refractivity contribution < 1.29 is 32.8 Å². The van der Waals surface area contributed by atoms with Gasteiger partial charge in [-0.15, -0.1) is 11.3 Å². The molecule has 2 fully saturated rings. The molecule has 2 amide bonds. The van der Waals surface area contributed by atoms with Crippen LogP contribution in [0.5, 0.6) is 0 Å². The fourth-order valence-electron chi connectivity index (χ4n) is 3.98. The molecule has 2 atom stereocenters. The lowest BCUT2D eigenvalue weighted by Gasteiger charge is -2.30.